The molecule has 2 unspecified atom stereocenters. The highest BCUT2D eigenvalue weighted by molar-refractivity contribution is 5.76. The second-order valence-electron chi connectivity index (χ2n) is 17.9. The number of carbonyl (C=O) groups excluding carboxylic acids is 2. The van der Waals surface area contributed by atoms with Crippen LogP contribution in [0, 0.1) is 0 Å². The first-order valence-corrected chi connectivity index (χ1v) is 25.9. The summed E-state index contributed by atoms with van der Waals surface area (Å²) in [5.41, 5.74) is 0. The van der Waals surface area contributed by atoms with E-state index in [0.29, 0.717) is 25.9 Å². The molecule has 0 aliphatic heterocycles. The smallest absolute Gasteiger partial charge is 0.305 e. The SMILES string of the molecule is CCCCCCCCCCCCCCCCCC(O)C(CO)NC(=O)CCCCCCCCC/C=C\CCCCCCOC(=O)CCCCCCCCCCCCC. The second kappa shape index (κ2) is 48.3. The molecule has 0 heterocycles. The molecule has 344 valence electrons. The molecule has 0 saturated carbocycles. The fourth-order valence-corrected chi connectivity index (χ4v) is 8.05. The van der Waals surface area contributed by atoms with E-state index < -0.39 is 12.1 Å². The van der Waals surface area contributed by atoms with E-state index >= 15 is 0 Å². The zero-order valence-corrected chi connectivity index (χ0v) is 39.0. The van der Waals surface area contributed by atoms with Gasteiger partial charge in [-0.25, -0.2) is 0 Å². The summed E-state index contributed by atoms with van der Waals surface area (Å²) in [5, 5.41) is 23.2. The Morgan fingerprint density at radius 1 is 0.466 bits per heavy atom. The average molecular weight is 820 g/mol. The van der Waals surface area contributed by atoms with Gasteiger partial charge in [-0.2, -0.15) is 0 Å². The number of unbranched alkanes of at least 4 members (excludes halogenated alkanes) is 35. The molecule has 0 spiro atoms. The van der Waals surface area contributed by atoms with Gasteiger partial charge in [0.05, 0.1) is 25.4 Å². The summed E-state index contributed by atoms with van der Waals surface area (Å²) in [6.45, 7) is 4.92. The maximum Gasteiger partial charge on any atom is 0.305 e. The van der Waals surface area contributed by atoms with E-state index in [2.05, 4.69) is 31.3 Å². The van der Waals surface area contributed by atoms with Crippen LogP contribution in [0.2, 0.25) is 0 Å². The van der Waals surface area contributed by atoms with Crippen molar-refractivity contribution in [2.45, 2.75) is 296 Å². The van der Waals surface area contributed by atoms with Crippen LogP contribution in [0.3, 0.4) is 0 Å². The zero-order chi connectivity index (χ0) is 42.3. The molecule has 1 amide bonds. The van der Waals surface area contributed by atoms with Crippen LogP contribution in [-0.4, -0.2) is 47.4 Å². The minimum absolute atomic E-state index is 0.0102. The van der Waals surface area contributed by atoms with E-state index in [4.69, 9.17) is 4.74 Å². The molecule has 0 radical (unpaired) electrons. The molecule has 0 aromatic carbocycles. The summed E-state index contributed by atoms with van der Waals surface area (Å²) in [6, 6.07) is -0.551. The lowest BCUT2D eigenvalue weighted by molar-refractivity contribution is -0.143. The largest absolute Gasteiger partial charge is 0.466 e. The van der Waals surface area contributed by atoms with Crippen LogP contribution in [0.25, 0.3) is 0 Å². The normalized spacial score (nSPS) is 12.7. The summed E-state index contributed by atoms with van der Waals surface area (Å²) < 4.78 is 5.44. The van der Waals surface area contributed by atoms with E-state index in [1.165, 1.54) is 180 Å². The van der Waals surface area contributed by atoms with Gasteiger partial charge in [0.1, 0.15) is 0 Å². The minimum Gasteiger partial charge on any atom is -0.466 e. The Morgan fingerprint density at radius 2 is 0.810 bits per heavy atom. The standard InChI is InChI=1S/C52H101NO5/c1-3-5-7-9-11-13-15-16-18-21-25-28-32-36-40-44-50(55)49(48-54)53-51(56)45-41-37-33-29-26-22-19-17-20-23-27-31-35-39-43-47-58-52(57)46-42-38-34-30-24-14-12-10-8-6-4-2/h20,23,49-50,54-55H,3-19,21-22,24-48H2,1-2H3,(H,53,56)/b23-20-. The van der Waals surface area contributed by atoms with Crippen LogP contribution in [-0.2, 0) is 14.3 Å². The topological polar surface area (TPSA) is 95.9 Å². The molecule has 0 rings (SSSR count). The fraction of sp³-hybridized carbons (Fsp3) is 0.923. The molecule has 0 aromatic rings. The van der Waals surface area contributed by atoms with Gasteiger partial charge in [0.25, 0.3) is 0 Å². The highest BCUT2D eigenvalue weighted by Gasteiger charge is 2.20. The molecule has 0 aliphatic carbocycles. The molecule has 0 bridgehead atoms. The molecule has 6 heteroatoms. The number of rotatable bonds is 48. The van der Waals surface area contributed by atoms with Gasteiger partial charge < -0.3 is 20.3 Å². The molecular weight excluding hydrogens is 719 g/mol. The number of carbonyl (C=O) groups is 2. The highest BCUT2D eigenvalue weighted by Crippen LogP contribution is 2.16. The van der Waals surface area contributed by atoms with Crippen molar-refractivity contribution in [1.82, 2.24) is 5.32 Å². The molecule has 2 atom stereocenters. The zero-order valence-electron chi connectivity index (χ0n) is 39.0. The molecule has 0 aliphatic rings. The third-order valence-corrected chi connectivity index (χ3v) is 12.1. The van der Waals surface area contributed by atoms with Crippen molar-refractivity contribution < 1.29 is 24.5 Å². The maximum absolute atomic E-state index is 12.4. The quantitative estimate of drug-likeness (QED) is 0.0323. The number of amides is 1. The number of esters is 1. The molecule has 0 aromatic heterocycles. The number of ether oxygens (including phenoxy) is 1. The summed E-state index contributed by atoms with van der Waals surface area (Å²) in [7, 11) is 0. The molecular formula is C52H101NO5. The lowest BCUT2D eigenvalue weighted by atomic mass is 10.0. The molecule has 0 fully saturated rings. The van der Waals surface area contributed by atoms with Gasteiger partial charge in [0.15, 0.2) is 0 Å². The van der Waals surface area contributed by atoms with E-state index in [9.17, 15) is 19.8 Å². The van der Waals surface area contributed by atoms with Crippen LogP contribution < -0.4 is 5.32 Å². The first-order valence-electron chi connectivity index (χ1n) is 25.9. The lowest BCUT2D eigenvalue weighted by Gasteiger charge is -2.22. The van der Waals surface area contributed by atoms with Gasteiger partial charge in [0, 0.05) is 12.8 Å². The average Bonchev–Trinajstić information content (AvgIpc) is 3.22. The molecule has 6 nitrogen and oxygen atoms in total. The van der Waals surface area contributed by atoms with Crippen molar-refractivity contribution >= 4 is 11.9 Å². The molecule has 0 saturated heterocycles. The van der Waals surface area contributed by atoms with E-state index in [1.807, 2.05) is 0 Å². The van der Waals surface area contributed by atoms with Crippen LogP contribution in [0.1, 0.15) is 284 Å². The third kappa shape index (κ3) is 44.2. The number of nitrogens with one attached hydrogen (secondary N) is 1. The molecule has 3 N–H and O–H groups in total. The summed E-state index contributed by atoms with van der Waals surface area (Å²) in [4.78, 5) is 24.4. The van der Waals surface area contributed by atoms with E-state index in [0.717, 1.165) is 70.6 Å². The lowest BCUT2D eigenvalue weighted by Crippen LogP contribution is -2.45. The van der Waals surface area contributed by atoms with Gasteiger partial charge >= 0.3 is 5.97 Å². The number of aliphatic hydroxyl groups excluding tert-OH is 2. The molecule has 58 heavy (non-hydrogen) atoms. The van der Waals surface area contributed by atoms with Crippen LogP contribution in [0.4, 0.5) is 0 Å². The van der Waals surface area contributed by atoms with Crippen molar-refractivity contribution in [2.24, 2.45) is 0 Å². The van der Waals surface area contributed by atoms with Crippen molar-refractivity contribution in [1.29, 1.82) is 0 Å². The number of allylic oxidation sites excluding steroid dienone is 2. The van der Waals surface area contributed by atoms with Crippen molar-refractivity contribution in [2.75, 3.05) is 13.2 Å². The van der Waals surface area contributed by atoms with Gasteiger partial charge in [-0.1, -0.05) is 231 Å². The number of hydrogen-bond acceptors (Lipinski definition) is 5. The van der Waals surface area contributed by atoms with E-state index in [1.54, 1.807) is 0 Å². The fourth-order valence-electron chi connectivity index (χ4n) is 8.05. The highest BCUT2D eigenvalue weighted by atomic mass is 16.5. The third-order valence-electron chi connectivity index (χ3n) is 12.1. The van der Waals surface area contributed by atoms with Gasteiger partial charge in [-0.15, -0.1) is 0 Å². The Bertz CT molecular complexity index is 863. The summed E-state index contributed by atoms with van der Waals surface area (Å²) in [5.74, 6) is -0.0592. The minimum atomic E-state index is -0.672. The Labute approximate surface area is 361 Å². The van der Waals surface area contributed by atoms with Crippen LogP contribution in [0.5, 0.6) is 0 Å². The summed E-state index contributed by atoms with van der Waals surface area (Å²) in [6.07, 6.45) is 54.6. The first kappa shape index (κ1) is 56.6. The first-order chi connectivity index (χ1) is 28.5. The Hall–Kier alpha value is -1.40. The Balaban J connectivity index is 3.48. The van der Waals surface area contributed by atoms with Crippen molar-refractivity contribution in [3.8, 4) is 0 Å². The number of aliphatic hydroxyl groups is 2. The number of hydrogen-bond donors (Lipinski definition) is 3. The van der Waals surface area contributed by atoms with E-state index in [-0.39, 0.29) is 18.5 Å². The second-order valence-corrected chi connectivity index (χ2v) is 17.9. The van der Waals surface area contributed by atoms with Gasteiger partial charge in [-0.3, -0.25) is 9.59 Å². The Kier molecular flexibility index (Phi) is 47.1. The van der Waals surface area contributed by atoms with Crippen LogP contribution >= 0.6 is 0 Å². The van der Waals surface area contributed by atoms with Gasteiger partial charge in [0.2, 0.25) is 5.91 Å². The van der Waals surface area contributed by atoms with Crippen molar-refractivity contribution in [3.63, 3.8) is 0 Å². The van der Waals surface area contributed by atoms with Crippen LogP contribution in [0.15, 0.2) is 12.2 Å². The summed E-state index contributed by atoms with van der Waals surface area (Å²) >= 11 is 0. The maximum atomic E-state index is 12.4. The monoisotopic (exact) mass is 820 g/mol. The predicted octanol–water partition coefficient (Wildman–Crippen LogP) is 15.3. The predicted molar refractivity (Wildman–Crippen MR) is 250 cm³/mol. The Morgan fingerprint density at radius 3 is 1.22 bits per heavy atom. The van der Waals surface area contributed by atoms with Gasteiger partial charge in [-0.05, 0) is 51.4 Å². The van der Waals surface area contributed by atoms with Crippen molar-refractivity contribution in [3.05, 3.63) is 12.2 Å².